The Kier molecular flexibility index (Phi) is 4.71. The molecular formula is C16H22BrN5O2. The Morgan fingerprint density at radius 1 is 1.25 bits per heavy atom. The third-order valence-corrected chi connectivity index (χ3v) is 5.54. The molecule has 0 amide bonds. The molecule has 1 atom stereocenters. The summed E-state index contributed by atoms with van der Waals surface area (Å²) in [6.07, 6.45) is 7.64. The van der Waals surface area contributed by atoms with Crippen LogP contribution in [-0.2, 0) is 9.47 Å². The summed E-state index contributed by atoms with van der Waals surface area (Å²) in [4.78, 5) is 7.04. The molecule has 1 unspecified atom stereocenters. The number of nitrogens with zero attached hydrogens (tertiary/aromatic N) is 4. The molecule has 2 aliphatic rings. The Balaban J connectivity index is 1.57. The van der Waals surface area contributed by atoms with Gasteiger partial charge < -0.3 is 14.8 Å². The molecule has 2 aromatic heterocycles. The highest BCUT2D eigenvalue weighted by atomic mass is 79.9. The van der Waals surface area contributed by atoms with Crippen LogP contribution in [0.15, 0.2) is 23.1 Å². The predicted octanol–water partition coefficient (Wildman–Crippen LogP) is 1.79. The second kappa shape index (κ2) is 6.95. The summed E-state index contributed by atoms with van der Waals surface area (Å²) in [5.74, 6) is 0.847. The van der Waals surface area contributed by atoms with E-state index in [-0.39, 0.29) is 5.54 Å². The molecule has 24 heavy (non-hydrogen) atoms. The monoisotopic (exact) mass is 395 g/mol. The van der Waals surface area contributed by atoms with Crippen LogP contribution in [0.5, 0.6) is 0 Å². The van der Waals surface area contributed by atoms with Gasteiger partial charge in [0.1, 0.15) is 5.52 Å². The smallest absolute Gasteiger partial charge is 0.153 e. The van der Waals surface area contributed by atoms with Gasteiger partial charge in [0.15, 0.2) is 5.82 Å². The van der Waals surface area contributed by atoms with Gasteiger partial charge in [0.2, 0.25) is 0 Å². The highest BCUT2D eigenvalue weighted by molar-refractivity contribution is 9.10. The molecule has 8 heteroatoms. The topological polar surface area (TPSA) is 63.9 Å². The zero-order valence-corrected chi connectivity index (χ0v) is 15.2. The van der Waals surface area contributed by atoms with Crippen molar-refractivity contribution in [2.45, 2.75) is 18.4 Å². The van der Waals surface area contributed by atoms with Crippen LogP contribution in [0.4, 0.5) is 5.82 Å². The van der Waals surface area contributed by atoms with E-state index in [1.54, 1.807) is 12.4 Å². The van der Waals surface area contributed by atoms with Crippen LogP contribution in [0.2, 0.25) is 0 Å². The number of fused-ring (bicyclic) bond motifs is 1. The van der Waals surface area contributed by atoms with E-state index in [9.17, 15) is 0 Å². The molecule has 0 spiro atoms. The quantitative estimate of drug-likeness (QED) is 0.850. The van der Waals surface area contributed by atoms with E-state index in [4.69, 9.17) is 9.47 Å². The van der Waals surface area contributed by atoms with Gasteiger partial charge >= 0.3 is 0 Å². The molecule has 2 aliphatic heterocycles. The number of rotatable bonds is 4. The SMILES string of the molecule is Brc1cnn2ccnc(NCC3(N4CCOCC4)CCCOC3)c12. The van der Waals surface area contributed by atoms with Gasteiger partial charge in [-0.05, 0) is 28.8 Å². The first-order valence-electron chi connectivity index (χ1n) is 8.41. The summed E-state index contributed by atoms with van der Waals surface area (Å²) in [5, 5.41) is 7.88. The number of nitrogens with one attached hydrogen (secondary N) is 1. The molecule has 1 N–H and O–H groups in total. The maximum atomic E-state index is 5.85. The third-order valence-electron chi connectivity index (χ3n) is 4.95. The molecule has 2 aromatic rings. The largest absolute Gasteiger partial charge is 0.379 e. The van der Waals surface area contributed by atoms with Crippen LogP contribution < -0.4 is 5.32 Å². The number of hydrogen-bond acceptors (Lipinski definition) is 6. The van der Waals surface area contributed by atoms with Gasteiger partial charge in [-0.2, -0.15) is 5.10 Å². The van der Waals surface area contributed by atoms with Crippen molar-refractivity contribution < 1.29 is 9.47 Å². The molecule has 2 fully saturated rings. The Labute approximate surface area is 149 Å². The van der Waals surface area contributed by atoms with Crippen LogP contribution in [0, 0.1) is 0 Å². The fourth-order valence-corrected chi connectivity index (χ4v) is 4.12. The van der Waals surface area contributed by atoms with E-state index in [1.165, 1.54) is 0 Å². The lowest BCUT2D eigenvalue weighted by atomic mass is 9.89. The lowest BCUT2D eigenvalue weighted by molar-refractivity contribution is -0.0800. The Morgan fingerprint density at radius 3 is 2.92 bits per heavy atom. The molecular weight excluding hydrogens is 374 g/mol. The number of morpholine rings is 1. The van der Waals surface area contributed by atoms with Gasteiger partial charge in [-0.25, -0.2) is 9.50 Å². The lowest BCUT2D eigenvalue weighted by Gasteiger charge is -2.47. The van der Waals surface area contributed by atoms with E-state index in [1.807, 2.05) is 10.7 Å². The number of ether oxygens (including phenoxy) is 2. The molecule has 0 aromatic carbocycles. The van der Waals surface area contributed by atoms with Crippen molar-refractivity contribution in [2.75, 3.05) is 51.4 Å². The van der Waals surface area contributed by atoms with Crippen LogP contribution >= 0.6 is 15.9 Å². The summed E-state index contributed by atoms with van der Waals surface area (Å²) in [6.45, 7) is 5.92. The Morgan fingerprint density at radius 2 is 2.12 bits per heavy atom. The van der Waals surface area contributed by atoms with E-state index in [0.29, 0.717) is 0 Å². The summed E-state index contributed by atoms with van der Waals surface area (Å²) < 4.78 is 14.2. The van der Waals surface area contributed by atoms with E-state index in [0.717, 1.165) is 74.7 Å². The number of hydrogen-bond donors (Lipinski definition) is 1. The highest BCUT2D eigenvalue weighted by Crippen LogP contribution is 2.29. The van der Waals surface area contributed by atoms with Gasteiger partial charge in [-0.15, -0.1) is 0 Å². The number of aromatic nitrogens is 3. The Bertz CT molecular complexity index is 695. The third kappa shape index (κ3) is 3.03. The van der Waals surface area contributed by atoms with Gasteiger partial charge in [-0.1, -0.05) is 0 Å². The van der Waals surface area contributed by atoms with Gasteiger partial charge in [-0.3, -0.25) is 4.90 Å². The second-order valence-corrected chi connectivity index (χ2v) is 7.25. The van der Waals surface area contributed by atoms with Crippen molar-refractivity contribution in [1.82, 2.24) is 19.5 Å². The highest BCUT2D eigenvalue weighted by Gasteiger charge is 2.39. The Hall–Kier alpha value is -1.22. The molecule has 0 radical (unpaired) electrons. The minimum absolute atomic E-state index is 0.00301. The van der Waals surface area contributed by atoms with Crippen molar-refractivity contribution in [1.29, 1.82) is 0 Å². The summed E-state index contributed by atoms with van der Waals surface area (Å²) in [7, 11) is 0. The molecule has 0 saturated carbocycles. The predicted molar refractivity (Wildman–Crippen MR) is 94.4 cm³/mol. The zero-order valence-electron chi connectivity index (χ0n) is 13.6. The first-order chi connectivity index (χ1) is 11.8. The molecule has 130 valence electrons. The van der Waals surface area contributed by atoms with Crippen molar-refractivity contribution in [3.8, 4) is 0 Å². The van der Waals surface area contributed by atoms with Crippen molar-refractivity contribution in [3.05, 3.63) is 23.1 Å². The fraction of sp³-hybridized carbons (Fsp3) is 0.625. The van der Waals surface area contributed by atoms with Crippen LogP contribution in [0.3, 0.4) is 0 Å². The minimum atomic E-state index is 0.00301. The molecule has 0 bridgehead atoms. The molecule has 4 heterocycles. The normalized spacial score (nSPS) is 25.9. The maximum Gasteiger partial charge on any atom is 0.153 e. The summed E-state index contributed by atoms with van der Waals surface area (Å²) in [6, 6.07) is 0. The first-order valence-corrected chi connectivity index (χ1v) is 9.20. The van der Waals surface area contributed by atoms with Crippen molar-refractivity contribution >= 4 is 27.3 Å². The van der Waals surface area contributed by atoms with Gasteiger partial charge in [0.25, 0.3) is 0 Å². The van der Waals surface area contributed by atoms with Gasteiger partial charge in [0.05, 0.1) is 36.0 Å². The van der Waals surface area contributed by atoms with Crippen LogP contribution in [-0.4, -0.2) is 71.1 Å². The number of halogens is 1. The van der Waals surface area contributed by atoms with E-state index >= 15 is 0 Å². The lowest BCUT2D eigenvalue weighted by Crippen LogP contribution is -2.61. The van der Waals surface area contributed by atoms with E-state index in [2.05, 4.69) is 36.2 Å². The minimum Gasteiger partial charge on any atom is -0.379 e. The maximum absolute atomic E-state index is 5.85. The molecule has 7 nitrogen and oxygen atoms in total. The number of anilines is 1. The zero-order chi connectivity index (χ0) is 16.4. The first kappa shape index (κ1) is 16.3. The summed E-state index contributed by atoms with van der Waals surface area (Å²) >= 11 is 3.56. The average Bonchev–Trinajstić information content (AvgIpc) is 3.03. The van der Waals surface area contributed by atoms with Crippen molar-refractivity contribution in [2.24, 2.45) is 0 Å². The standard InChI is InChI=1S/C16H22BrN5O2/c17-13-10-20-22-4-3-18-15(14(13)22)19-11-16(2-1-7-24-12-16)21-5-8-23-9-6-21/h3-4,10H,1-2,5-9,11-12H2,(H,18,19). The second-order valence-electron chi connectivity index (χ2n) is 6.39. The van der Waals surface area contributed by atoms with Gasteiger partial charge in [0, 0.05) is 38.6 Å². The van der Waals surface area contributed by atoms with Crippen molar-refractivity contribution in [3.63, 3.8) is 0 Å². The molecule has 0 aliphatic carbocycles. The summed E-state index contributed by atoms with van der Waals surface area (Å²) in [5.41, 5.74) is 0.967. The van der Waals surface area contributed by atoms with E-state index < -0.39 is 0 Å². The average molecular weight is 396 g/mol. The molecule has 4 rings (SSSR count). The van der Waals surface area contributed by atoms with Crippen LogP contribution in [0.1, 0.15) is 12.8 Å². The molecule has 2 saturated heterocycles. The fourth-order valence-electron chi connectivity index (χ4n) is 3.66. The van der Waals surface area contributed by atoms with Crippen LogP contribution in [0.25, 0.3) is 5.52 Å².